The number of ether oxygens (including phenoxy) is 1. The van der Waals surface area contributed by atoms with Gasteiger partial charge >= 0.3 is 0 Å². The van der Waals surface area contributed by atoms with E-state index < -0.39 is 0 Å². The molecule has 0 aliphatic carbocycles. The molecule has 0 spiro atoms. The first-order valence-electron chi connectivity index (χ1n) is 5.63. The molecule has 0 bridgehead atoms. The van der Waals surface area contributed by atoms with Crippen molar-refractivity contribution in [1.29, 1.82) is 0 Å². The first-order valence-corrected chi connectivity index (χ1v) is 5.63. The Bertz CT molecular complexity index is 476. The Hall–Kier alpha value is -1.46. The zero-order valence-electron chi connectivity index (χ0n) is 9.09. The molecule has 0 unspecified atom stereocenters. The summed E-state index contributed by atoms with van der Waals surface area (Å²) < 4.78 is 7.32. The van der Waals surface area contributed by atoms with Crippen LogP contribution in [0.2, 0.25) is 0 Å². The van der Waals surface area contributed by atoms with E-state index in [-0.39, 0.29) is 0 Å². The maximum atomic E-state index is 5.34. The summed E-state index contributed by atoms with van der Waals surface area (Å²) in [5.41, 5.74) is 2.08. The average molecular weight is 219 g/mol. The molecule has 1 aliphatic rings. The van der Waals surface area contributed by atoms with Gasteiger partial charge in [-0.15, -0.1) is 5.10 Å². The SMILES string of the molecule is c1ccc2c(c1)nnn2C[NH+]1CCOCC1. The first-order chi connectivity index (χ1) is 7.93. The molecule has 0 amide bonds. The molecule has 0 saturated carbocycles. The molecule has 1 aromatic carbocycles. The molecular formula is C11H15N4O+. The summed E-state index contributed by atoms with van der Waals surface area (Å²) in [4.78, 5) is 1.50. The standard InChI is InChI=1S/C11H14N4O/c1-2-4-11-10(3-1)12-13-15(11)9-14-5-7-16-8-6-14/h1-4H,5-9H2/p+1. The third-order valence-corrected chi connectivity index (χ3v) is 2.99. The van der Waals surface area contributed by atoms with Gasteiger partial charge in [-0.25, -0.2) is 0 Å². The molecule has 84 valence electrons. The Morgan fingerprint density at radius 3 is 2.94 bits per heavy atom. The fourth-order valence-corrected chi connectivity index (χ4v) is 2.06. The van der Waals surface area contributed by atoms with Crippen LogP contribution in [0.4, 0.5) is 0 Å². The van der Waals surface area contributed by atoms with E-state index in [4.69, 9.17) is 4.74 Å². The van der Waals surface area contributed by atoms with E-state index in [1.807, 2.05) is 22.9 Å². The Balaban J connectivity index is 1.83. The summed E-state index contributed by atoms with van der Waals surface area (Å²) >= 11 is 0. The second-order valence-corrected chi connectivity index (χ2v) is 4.10. The second-order valence-electron chi connectivity index (χ2n) is 4.10. The van der Waals surface area contributed by atoms with Crippen LogP contribution in [0.5, 0.6) is 0 Å². The van der Waals surface area contributed by atoms with E-state index in [9.17, 15) is 0 Å². The van der Waals surface area contributed by atoms with Gasteiger partial charge in [-0.1, -0.05) is 17.3 Å². The second kappa shape index (κ2) is 4.19. The summed E-state index contributed by atoms with van der Waals surface area (Å²) in [6.07, 6.45) is 0. The Labute approximate surface area is 93.6 Å². The van der Waals surface area contributed by atoms with Crippen LogP contribution in [0.3, 0.4) is 0 Å². The quantitative estimate of drug-likeness (QED) is 0.726. The number of nitrogens with zero attached hydrogens (tertiary/aromatic N) is 3. The Morgan fingerprint density at radius 1 is 1.25 bits per heavy atom. The number of rotatable bonds is 2. The van der Waals surface area contributed by atoms with Gasteiger partial charge in [-0.05, 0) is 12.1 Å². The molecule has 1 N–H and O–H groups in total. The van der Waals surface area contributed by atoms with Gasteiger partial charge in [0.05, 0.1) is 18.7 Å². The highest BCUT2D eigenvalue weighted by Crippen LogP contribution is 2.08. The lowest BCUT2D eigenvalue weighted by Gasteiger charge is -2.23. The van der Waals surface area contributed by atoms with Gasteiger partial charge < -0.3 is 9.64 Å². The van der Waals surface area contributed by atoms with Crippen molar-refractivity contribution in [3.63, 3.8) is 0 Å². The van der Waals surface area contributed by atoms with Gasteiger partial charge in [0.25, 0.3) is 0 Å². The largest absolute Gasteiger partial charge is 0.370 e. The molecule has 5 nitrogen and oxygen atoms in total. The van der Waals surface area contributed by atoms with Crippen molar-refractivity contribution < 1.29 is 9.64 Å². The lowest BCUT2D eigenvalue weighted by atomic mass is 10.3. The average Bonchev–Trinajstić information content (AvgIpc) is 2.74. The van der Waals surface area contributed by atoms with Crippen molar-refractivity contribution in [3.8, 4) is 0 Å². The fourth-order valence-electron chi connectivity index (χ4n) is 2.06. The number of nitrogens with one attached hydrogen (secondary N) is 1. The van der Waals surface area contributed by atoms with Crippen molar-refractivity contribution in [2.24, 2.45) is 0 Å². The number of para-hydroxylation sites is 1. The lowest BCUT2D eigenvalue weighted by molar-refractivity contribution is -0.930. The van der Waals surface area contributed by atoms with Crippen LogP contribution in [0, 0.1) is 0 Å². The van der Waals surface area contributed by atoms with Gasteiger partial charge in [0.1, 0.15) is 18.6 Å². The van der Waals surface area contributed by atoms with Crippen LogP contribution >= 0.6 is 0 Å². The Kier molecular flexibility index (Phi) is 2.55. The maximum Gasteiger partial charge on any atom is 0.175 e. The molecule has 0 atom stereocenters. The van der Waals surface area contributed by atoms with Crippen LogP contribution in [-0.2, 0) is 11.4 Å². The van der Waals surface area contributed by atoms with E-state index in [1.165, 1.54) is 4.90 Å². The molecule has 2 heterocycles. The highest BCUT2D eigenvalue weighted by Gasteiger charge is 2.15. The monoisotopic (exact) mass is 219 g/mol. The summed E-state index contributed by atoms with van der Waals surface area (Å²) in [5, 5.41) is 8.35. The molecule has 2 aromatic rings. The number of fused-ring (bicyclic) bond motifs is 1. The molecule has 0 radical (unpaired) electrons. The lowest BCUT2D eigenvalue weighted by Crippen LogP contribution is -3.13. The minimum atomic E-state index is 0.849. The van der Waals surface area contributed by atoms with Crippen molar-refractivity contribution in [2.75, 3.05) is 26.3 Å². The summed E-state index contributed by atoms with van der Waals surface area (Å²) in [5.74, 6) is 0. The van der Waals surface area contributed by atoms with E-state index >= 15 is 0 Å². The number of hydrogen-bond acceptors (Lipinski definition) is 3. The predicted octanol–water partition coefficient (Wildman–Crippen LogP) is -0.696. The number of hydrogen-bond donors (Lipinski definition) is 1. The molecule has 3 rings (SSSR count). The highest BCUT2D eigenvalue weighted by molar-refractivity contribution is 5.73. The van der Waals surface area contributed by atoms with Gasteiger partial charge in [0.15, 0.2) is 6.67 Å². The molecule has 1 aliphatic heterocycles. The Morgan fingerprint density at radius 2 is 2.06 bits per heavy atom. The maximum absolute atomic E-state index is 5.34. The topological polar surface area (TPSA) is 44.4 Å². The zero-order valence-corrected chi connectivity index (χ0v) is 9.09. The minimum Gasteiger partial charge on any atom is -0.370 e. The van der Waals surface area contributed by atoms with E-state index in [0.29, 0.717) is 0 Å². The summed E-state index contributed by atoms with van der Waals surface area (Å²) in [6, 6.07) is 8.07. The predicted molar refractivity (Wildman–Crippen MR) is 59.0 cm³/mol. The first kappa shape index (κ1) is 9.74. The molecule has 5 heteroatoms. The minimum absolute atomic E-state index is 0.849. The van der Waals surface area contributed by atoms with E-state index in [0.717, 1.165) is 44.0 Å². The van der Waals surface area contributed by atoms with Crippen LogP contribution < -0.4 is 4.90 Å². The molecule has 16 heavy (non-hydrogen) atoms. The van der Waals surface area contributed by atoms with Crippen molar-refractivity contribution in [1.82, 2.24) is 15.0 Å². The third-order valence-electron chi connectivity index (χ3n) is 2.99. The van der Waals surface area contributed by atoms with Gasteiger partial charge in [-0.2, -0.15) is 4.68 Å². The highest BCUT2D eigenvalue weighted by atomic mass is 16.5. The summed E-state index contributed by atoms with van der Waals surface area (Å²) in [6.45, 7) is 4.68. The van der Waals surface area contributed by atoms with Gasteiger partial charge in [0.2, 0.25) is 0 Å². The molecule has 1 saturated heterocycles. The van der Waals surface area contributed by atoms with Crippen molar-refractivity contribution in [2.45, 2.75) is 6.67 Å². The fraction of sp³-hybridized carbons (Fsp3) is 0.455. The van der Waals surface area contributed by atoms with Crippen LogP contribution in [0.15, 0.2) is 24.3 Å². The normalized spacial score (nSPS) is 18.0. The van der Waals surface area contributed by atoms with Crippen LogP contribution in [-0.4, -0.2) is 41.3 Å². The molecular weight excluding hydrogens is 204 g/mol. The van der Waals surface area contributed by atoms with Crippen LogP contribution in [0.25, 0.3) is 11.0 Å². The molecule has 1 fully saturated rings. The van der Waals surface area contributed by atoms with Crippen LogP contribution in [0.1, 0.15) is 0 Å². The third kappa shape index (κ3) is 1.79. The van der Waals surface area contributed by atoms with E-state index in [2.05, 4.69) is 16.4 Å². The zero-order chi connectivity index (χ0) is 10.8. The smallest absolute Gasteiger partial charge is 0.175 e. The van der Waals surface area contributed by atoms with Gasteiger partial charge in [0, 0.05) is 0 Å². The number of benzene rings is 1. The van der Waals surface area contributed by atoms with Crippen molar-refractivity contribution >= 4 is 11.0 Å². The number of morpholine rings is 1. The number of quaternary nitrogens is 1. The van der Waals surface area contributed by atoms with E-state index in [1.54, 1.807) is 0 Å². The number of aromatic nitrogens is 3. The molecule has 1 aromatic heterocycles. The van der Waals surface area contributed by atoms with Gasteiger partial charge in [-0.3, -0.25) is 0 Å². The van der Waals surface area contributed by atoms with Crippen molar-refractivity contribution in [3.05, 3.63) is 24.3 Å². The summed E-state index contributed by atoms with van der Waals surface area (Å²) in [7, 11) is 0.